The van der Waals surface area contributed by atoms with Crippen molar-refractivity contribution in [1.29, 1.82) is 0 Å². The Labute approximate surface area is 365 Å². The number of carbonyl (C=O) groups is 3. The van der Waals surface area contributed by atoms with E-state index in [1.165, 1.54) is 122 Å². The monoisotopic (exact) mass is 827 g/mol. The molecule has 0 aliphatic carbocycles. The lowest BCUT2D eigenvalue weighted by molar-refractivity contribution is -0.167. The van der Waals surface area contributed by atoms with E-state index >= 15 is 0 Å². The zero-order valence-electron chi connectivity index (χ0n) is 39.0. The van der Waals surface area contributed by atoms with Crippen LogP contribution in [0.1, 0.15) is 252 Å². The summed E-state index contributed by atoms with van der Waals surface area (Å²) in [5, 5.41) is 0. The summed E-state index contributed by atoms with van der Waals surface area (Å²) in [7, 11) is 0. The van der Waals surface area contributed by atoms with Crippen LogP contribution in [0.4, 0.5) is 0 Å². The Morgan fingerprint density at radius 3 is 1.03 bits per heavy atom. The minimum absolute atomic E-state index is 0.0727. The Balaban J connectivity index is 4.24. The first-order valence-corrected chi connectivity index (χ1v) is 25.1. The Morgan fingerprint density at radius 2 is 0.661 bits per heavy atom. The molecule has 0 heterocycles. The van der Waals surface area contributed by atoms with E-state index in [0.717, 1.165) is 89.9 Å². The van der Waals surface area contributed by atoms with Crippen LogP contribution >= 0.6 is 0 Å². The highest BCUT2D eigenvalue weighted by atomic mass is 16.6. The Morgan fingerprint density at radius 1 is 0.356 bits per heavy atom. The molecule has 59 heavy (non-hydrogen) atoms. The van der Waals surface area contributed by atoms with Crippen LogP contribution in [-0.2, 0) is 28.6 Å². The molecule has 0 spiro atoms. The summed E-state index contributed by atoms with van der Waals surface area (Å²) in [4.78, 5) is 37.8. The maximum atomic E-state index is 12.7. The lowest BCUT2D eigenvalue weighted by atomic mass is 10.0. The van der Waals surface area contributed by atoms with Gasteiger partial charge in [0.25, 0.3) is 0 Å². The predicted molar refractivity (Wildman–Crippen MR) is 252 cm³/mol. The Hall–Kier alpha value is -2.63. The maximum absolute atomic E-state index is 12.7. The van der Waals surface area contributed by atoms with Crippen molar-refractivity contribution in [2.24, 2.45) is 0 Å². The fourth-order valence-corrected chi connectivity index (χ4v) is 7.08. The van der Waals surface area contributed by atoms with Gasteiger partial charge in [-0.05, 0) is 57.8 Å². The molecule has 0 amide bonds. The molecule has 342 valence electrons. The van der Waals surface area contributed by atoms with Crippen LogP contribution in [0.3, 0.4) is 0 Å². The summed E-state index contributed by atoms with van der Waals surface area (Å²) in [6.45, 7) is 6.49. The van der Waals surface area contributed by atoms with Crippen molar-refractivity contribution >= 4 is 17.9 Å². The second kappa shape index (κ2) is 48.0. The molecule has 0 aromatic carbocycles. The summed E-state index contributed by atoms with van der Waals surface area (Å²) in [6.07, 6.45) is 56.7. The first-order valence-electron chi connectivity index (χ1n) is 25.1. The van der Waals surface area contributed by atoms with Crippen molar-refractivity contribution in [3.63, 3.8) is 0 Å². The van der Waals surface area contributed by atoms with Gasteiger partial charge < -0.3 is 14.2 Å². The van der Waals surface area contributed by atoms with E-state index in [1.807, 2.05) is 0 Å². The molecule has 1 unspecified atom stereocenters. The Bertz CT molecular complexity index is 1040. The average molecular weight is 827 g/mol. The van der Waals surface area contributed by atoms with Gasteiger partial charge in [-0.3, -0.25) is 14.4 Å². The second-order valence-electron chi connectivity index (χ2n) is 16.7. The molecule has 0 radical (unpaired) electrons. The van der Waals surface area contributed by atoms with Crippen molar-refractivity contribution in [2.45, 2.75) is 258 Å². The minimum atomic E-state index is -0.769. The van der Waals surface area contributed by atoms with Crippen molar-refractivity contribution in [3.8, 4) is 0 Å². The molecule has 0 saturated heterocycles. The third-order valence-corrected chi connectivity index (χ3v) is 10.8. The number of ether oxygens (including phenoxy) is 3. The van der Waals surface area contributed by atoms with Crippen LogP contribution in [0.15, 0.2) is 48.6 Å². The summed E-state index contributed by atoms with van der Waals surface area (Å²) >= 11 is 0. The van der Waals surface area contributed by atoms with Gasteiger partial charge in [-0.1, -0.05) is 223 Å². The largest absolute Gasteiger partial charge is 0.462 e. The van der Waals surface area contributed by atoms with Crippen LogP contribution < -0.4 is 0 Å². The number of allylic oxidation sites excluding steroid dienone is 8. The topological polar surface area (TPSA) is 78.9 Å². The molecule has 0 aliphatic rings. The molecule has 0 bridgehead atoms. The van der Waals surface area contributed by atoms with Crippen LogP contribution in [0.2, 0.25) is 0 Å². The van der Waals surface area contributed by atoms with E-state index in [-0.39, 0.29) is 31.1 Å². The van der Waals surface area contributed by atoms with Gasteiger partial charge >= 0.3 is 17.9 Å². The number of hydrogen-bond donors (Lipinski definition) is 0. The van der Waals surface area contributed by atoms with Gasteiger partial charge in [-0.15, -0.1) is 0 Å². The highest BCUT2D eigenvalue weighted by molar-refractivity contribution is 5.71. The van der Waals surface area contributed by atoms with Crippen molar-refractivity contribution in [2.75, 3.05) is 13.2 Å². The maximum Gasteiger partial charge on any atom is 0.306 e. The number of carbonyl (C=O) groups excluding carboxylic acids is 3. The lowest BCUT2D eigenvalue weighted by Gasteiger charge is -2.18. The quantitative estimate of drug-likeness (QED) is 0.0263. The van der Waals surface area contributed by atoms with E-state index < -0.39 is 6.10 Å². The third kappa shape index (κ3) is 46.3. The summed E-state index contributed by atoms with van der Waals surface area (Å²) in [5.74, 6) is -0.879. The molecule has 1 atom stereocenters. The molecule has 0 fully saturated rings. The van der Waals surface area contributed by atoms with Crippen LogP contribution in [0.5, 0.6) is 0 Å². The zero-order chi connectivity index (χ0) is 43.0. The number of esters is 3. The first-order chi connectivity index (χ1) is 29.0. The van der Waals surface area contributed by atoms with Crippen molar-refractivity contribution < 1.29 is 28.6 Å². The van der Waals surface area contributed by atoms with Gasteiger partial charge in [-0.25, -0.2) is 0 Å². The molecule has 0 aromatic rings. The molecular weight excluding hydrogens is 733 g/mol. The molecular formula is C53H94O6. The van der Waals surface area contributed by atoms with E-state index in [4.69, 9.17) is 14.2 Å². The van der Waals surface area contributed by atoms with Crippen LogP contribution in [0.25, 0.3) is 0 Å². The zero-order valence-corrected chi connectivity index (χ0v) is 39.0. The average Bonchev–Trinajstić information content (AvgIpc) is 3.23. The molecule has 0 N–H and O–H groups in total. The number of hydrogen-bond acceptors (Lipinski definition) is 6. The highest BCUT2D eigenvalue weighted by Crippen LogP contribution is 2.15. The summed E-state index contributed by atoms with van der Waals surface area (Å²) < 4.78 is 16.7. The minimum Gasteiger partial charge on any atom is -0.462 e. The smallest absolute Gasteiger partial charge is 0.306 e. The van der Waals surface area contributed by atoms with Gasteiger partial charge in [0, 0.05) is 19.3 Å². The van der Waals surface area contributed by atoms with Gasteiger partial charge in [0.15, 0.2) is 6.10 Å². The second-order valence-corrected chi connectivity index (χ2v) is 16.7. The summed E-state index contributed by atoms with van der Waals surface area (Å²) in [5.41, 5.74) is 0. The van der Waals surface area contributed by atoms with E-state index in [2.05, 4.69) is 69.4 Å². The van der Waals surface area contributed by atoms with Gasteiger partial charge in [0.1, 0.15) is 13.2 Å². The van der Waals surface area contributed by atoms with Gasteiger partial charge in [0.05, 0.1) is 0 Å². The molecule has 0 saturated carbocycles. The predicted octanol–water partition coefficient (Wildman–Crippen LogP) is 16.3. The summed E-state index contributed by atoms with van der Waals surface area (Å²) in [6, 6.07) is 0. The van der Waals surface area contributed by atoms with E-state index in [9.17, 15) is 14.4 Å². The lowest BCUT2D eigenvalue weighted by Crippen LogP contribution is -2.30. The molecule has 0 rings (SSSR count). The first kappa shape index (κ1) is 56.4. The molecule has 6 nitrogen and oxygen atoms in total. The normalized spacial score (nSPS) is 12.4. The molecule has 0 aromatic heterocycles. The number of unbranched alkanes of at least 4 members (excludes halogenated alkanes) is 26. The van der Waals surface area contributed by atoms with Crippen LogP contribution in [0, 0.1) is 0 Å². The standard InChI is InChI=1S/C53H94O6/c1-4-7-10-13-16-19-21-23-24-25-26-27-28-29-30-31-33-34-37-40-43-46-52(55)58-49-50(48-57-51(54)45-42-39-36-18-15-12-9-6-3)59-53(56)47-44-41-38-35-32-22-20-17-14-11-8-5-2/h7,10,16,19,23-24,26-27,50H,4-6,8-9,11-15,17-18,20-22,25,28-49H2,1-3H3/b10-7-,19-16-,24-23-,27-26-. The fourth-order valence-electron chi connectivity index (χ4n) is 7.08. The van der Waals surface area contributed by atoms with E-state index in [1.54, 1.807) is 0 Å². The van der Waals surface area contributed by atoms with Gasteiger partial charge in [-0.2, -0.15) is 0 Å². The van der Waals surface area contributed by atoms with Crippen molar-refractivity contribution in [3.05, 3.63) is 48.6 Å². The molecule has 0 aliphatic heterocycles. The van der Waals surface area contributed by atoms with E-state index in [0.29, 0.717) is 19.3 Å². The third-order valence-electron chi connectivity index (χ3n) is 10.8. The molecule has 6 heteroatoms. The highest BCUT2D eigenvalue weighted by Gasteiger charge is 2.19. The van der Waals surface area contributed by atoms with Crippen molar-refractivity contribution in [1.82, 2.24) is 0 Å². The fraction of sp³-hybridized carbons (Fsp3) is 0.792. The Kier molecular flexibility index (Phi) is 45.9. The SMILES string of the molecule is CC/C=C\C/C=C\C/C=C\C/C=C\CCCCCCCCCCC(=O)OCC(COC(=O)CCCCCCCCCC)OC(=O)CCCCCCCCCCCCCC. The number of rotatable bonds is 45. The van der Waals surface area contributed by atoms with Gasteiger partial charge in [0.2, 0.25) is 0 Å². The van der Waals surface area contributed by atoms with Crippen LogP contribution in [-0.4, -0.2) is 37.2 Å².